The van der Waals surface area contributed by atoms with E-state index >= 15 is 0 Å². The van der Waals surface area contributed by atoms with Crippen LogP contribution in [-0.2, 0) is 9.59 Å². The third-order valence-electron chi connectivity index (χ3n) is 3.54. The van der Waals surface area contributed by atoms with Gasteiger partial charge in [0.05, 0.1) is 12.6 Å². The standard InChI is InChI=1S/C15H28N4O2/c1-4-5-17-14(20)11-18-6-8-19(9-7-18)15(21)13(16)10-12(2)3/h4,12-13H,1,5-11,16H2,2-3H3,(H,17,20)/t13-/m0/s1. The number of nitrogens with one attached hydrogen (secondary N) is 1. The van der Waals surface area contributed by atoms with Crippen molar-refractivity contribution in [2.45, 2.75) is 26.3 Å². The minimum absolute atomic E-state index is 0.00816. The van der Waals surface area contributed by atoms with Crippen molar-refractivity contribution >= 4 is 11.8 Å². The summed E-state index contributed by atoms with van der Waals surface area (Å²) in [7, 11) is 0. The summed E-state index contributed by atoms with van der Waals surface area (Å²) in [5, 5.41) is 2.75. The third-order valence-corrected chi connectivity index (χ3v) is 3.54. The average molecular weight is 296 g/mol. The summed E-state index contributed by atoms with van der Waals surface area (Å²) in [6.45, 7) is 11.2. The summed E-state index contributed by atoms with van der Waals surface area (Å²) < 4.78 is 0. The number of rotatable bonds is 7. The number of carbonyl (C=O) groups excluding carboxylic acids is 2. The Labute approximate surface area is 127 Å². The zero-order chi connectivity index (χ0) is 15.8. The maximum absolute atomic E-state index is 12.2. The summed E-state index contributed by atoms with van der Waals surface area (Å²) >= 11 is 0. The van der Waals surface area contributed by atoms with Crippen LogP contribution < -0.4 is 11.1 Å². The fourth-order valence-corrected chi connectivity index (χ4v) is 2.41. The van der Waals surface area contributed by atoms with Crippen LogP contribution in [0.2, 0.25) is 0 Å². The second kappa shape index (κ2) is 8.79. The van der Waals surface area contributed by atoms with Crippen molar-refractivity contribution in [1.29, 1.82) is 0 Å². The third kappa shape index (κ3) is 6.27. The molecule has 0 aromatic heterocycles. The Kier molecular flexibility index (Phi) is 7.39. The molecule has 0 unspecified atom stereocenters. The van der Waals surface area contributed by atoms with Crippen LogP contribution in [0.1, 0.15) is 20.3 Å². The molecular weight excluding hydrogens is 268 g/mol. The minimum atomic E-state index is -0.410. The molecule has 0 radical (unpaired) electrons. The van der Waals surface area contributed by atoms with Gasteiger partial charge in [0, 0.05) is 32.7 Å². The van der Waals surface area contributed by atoms with E-state index in [2.05, 4.69) is 30.6 Å². The molecule has 1 saturated heterocycles. The molecule has 21 heavy (non-hydrogen) atoms. The highest BCUT2D eigenvalue weighted by atomic mass is 16.2. The molecule has 1 heterocycles. The highest BCUT2D eigenvalue weighted by Crippen LogP contribution is 2.08. The fourth-order valence-electron chi connectivity index (χ4n) is 2.41. The van der Waals surface area contributed by atoms with Gasteiger partial charge in [-0.2, -0.15) is 0 Å². The molecule has 0 aromatic rings. The van der Waals surface area contributed by atoms with E-state index in [-0.39, 0.29) is 11.8 Å². The Morgan fingerprint density at radius 3 is 2.43 bits per heavy atom. The predicted molar refractivity (Wildman–Crippen MR) is 83.7 cm³/mol. The van der Waals surface area contributed by atoms with Crippen LogP contribution in [0.3, 0.4) is 0 Å². The number of nitrogens with two attached hydrogens (primary N) is 1. The number of carbonyl (C=O) groups is 2. The predicted octanol–water partition coefficient (Wildman–Crippen LogP) is -0.194. The van der Waals surface area contributed by atoms with Gasteiger partial charge in [0.15, 0.2) is 0 Å². The van der Waals surface area contributed by atoms with E-state index in [0.717, 1.165) is 0 Å². The van der Waals surface area contributed by atoms with Gasteiger partial charge in [-0.1, -0.05) is 19.9 Å². The Balaban J connectivity index is 2.33. The second-order valence-electron chi connectivity index (χ2n) is 5.93. The Bertz CT molecular complexity index is 363. The molecule has 1 aliphatic rings. The molecule has 0 bridgehead atoms. The number of nitrogens with zero attached hydrogens (tertiary/aromatic N) is 2. The smallest absolute Gasteiger partial charge is 0.239 e. The summed E-state index contributed by atoms with van der Waals surface area (Å²) in [6, 6.07) is -0.410. The average Bonchev–Trinajstić information content (AvgIpc) is 2.44. The molecule has 2 amide bonds. The Morgan fingerprint density at radius 1 is 1.29 bits per heavy atom. The Morgan fingerprint density at radius 2 is 1.90 bits per heavy atom. The van der Waals surface area contributed by atoms with E-state index in [1.807, 2.05) is 4.90 Å². The summed E-state index contributed by atoms with van der Waals surface area (Å²) in [5.41, 5.74) is 5.94. The molecule has 0 aliphatic carbocycles. The van der Waals surface area contributed by atoms with Gasteiger partial charge < -0.3 is 16.0 Å². The van der Waals surface area contributed by atoms with Gasteiger partial charge >= 0.3 is 0 Å². The topological polar surface area (TPSA) is 78.7 Å². The van der Waals surface area contributed by atoms with Crippen LogP contribution >= 0.6 is 0 Å². The fraction of sp³-hybridized carbons (Fsp3) is 0.733. The largest absolute Gasteiger partial charge is 0.352 e. The van der Waals surface area contributed by atoms with Crippen molar-refractivity contribution in [3.05, 3.63) is 12.7 Å². The van der Waals surface area contributed by atoms with Crippen molar-refractivity contribution < 1.29 is 9.59 Å². The molecule has 1 aliphatic heterocycles. The van der Waals surface area contributed by atoms with Crippen molar-refractivity contribution in [1.82, 2.24) is 15.1 Å². The van der Waals surface area contributed by atoms with Gasteiger partial charge in [-0.25, -0.2) is 0 Å². The zero-order valence-electron chi connectivity index (χ0n) is 13.2. The molecule has 3 N–H and O–H groups in total. The summed E-state index contributed by atoms with van der Waals surface area (Å²) in [4.78, 5) is 27.7. The molecular formula is C15H28N4O2. The van der Waals surface area contributed by atoms with E-state index in [1.165, 1.54) is 0 Å². The van der Waals surface area contributed by atoms with Crippen molar-refractivity contribution in [3.8, 4) is 0 Å². The lowest BCUT2D eigenvalue weighted by Crippen LogP contribution is -2.54. The monoisotopic (exact) mass is 296 g/mol. The first-order valence-corrected chi connectivity index (χ1v) is 7.58. The van der Waals surface area contributed by atoms with Crippen LogP contribution in [-0.4, -0.2) is 66.9 Å². The van der Waals surface area contributed by atoms with Crippen molar-refractivity contribution in [2.24, 2.45) is 11.7 Å². The van der Waals surface area contributed by atoms with Crippen molar-refractivity contribution in [2.75, 3.05) is 39.3 Å². The van der Waals surface area contributed by atoms with Crippen LogP contribution in [0.5, 0.6) is 0 Å². The molecule has 1 atom stereocenters. The van der Waals surface area contributed by atoms with Crippen LogP contribution in [0.25, 0.3) is 0 Å². The molecule has 6 nitrogen and oxygen atoms in total. The lowest BCUT2D eigenvalue weighted by molar-refractivity contribution is -0.135. The highest BCUT2D eigenvalue weighted by Gasteiger charge is 2.26. The molecule has 0 aromatic carbocycles. The van der Waals surface area contributed by atoms with Gasteiger partial charge in [-0.05, 0) is 12.3 Å². The summed E-state index contributed by atoms with van der Waals surface area (Å²) in [5.74, 6) is 0.435. The first kappa shape index (κ1) is 17.7. The molecule has 0 saturated carbocycles. The van der Waals surface area contributed by atoms with E-state index in [9.17, 15) is 9.59 Å². The van der Waals surface area contributed by atoms with E-state index in [4.69, 9.17) is 5.73 Å². The first-order valence-electron chi connectivity index (χ1n) is 7.58. The van der Waals surface area contributed by atoms with E-state index < -0.39 is 6.04 Å². The van der Waals surface area contributed by atoms with Crippen LogP contribution in [0.4, 0.5) is 0 Å². The first-order chi connectivity index (χ1) is 9.93. The lowest BCUT2D eigenvalue weighted by atomic mass is 10.0. The maximum atomic E-state index is 12.2. The molecule has 1 fully saturated rings. The molecule has 6 heteroatoms. The van der Waals surface area contributed by atoms with Crippen molar-refractivity contribution in [3.63, 3.8) is 0 Å². The van der Waals surface area contributed by atoms with Gasteiger partial charge in [0.1, 0.15) is 0 Å². The van der Waals surface area contributed by atoms with Gasteiger partial charge in [-0.15, -0.1) is 6.58 Å². The van der Waals surface area contributed by atoms with Crippen LogP contribution in [0.15, 0.2) is 12.7 Å². The van der Waals surface area contributed by atoms with Gasteiger partial charge in [0.2, 0.25) is 11.8 Å². The second-order valence-corrected chi connectivity index (χ2v) is 5.93. The summed E-state index contributed by atoms with van der Waals surface area (Å²) in [6.07, 6.45) is 2.37. The van der Waals surface area contributed by atoms with Gasteiger partial charge in [0.25, 0.3) is 0 Å². The molecule has 0 spiro atoms. The van der Waals surface area contributed by atoms with Gasteiger partial charge in [-0.3, -0.25) is 14.5 Å². The number of hydrogen-bond donors (Lipinski definition) is 2. The Hall–Kier alpha value is -1.40. The molecule has 120 valence electrons. The lowest BCUT2D eigenvalue weighted by Gasteiger charge is -2.35. The quantitative estimate of drug-likeness (QED) is 0.638. The number of hydrogen-bond acceptors (Lipinski definition) is 4. The van der Waals surface area contributed by atoms with E-state index in [0.29, 0.717) is 51.6 Å². The number of piperazine rings is 1. The normalized spacial score (nSPS) is 17.6. The minimum Gasteiger partial charge on any atom is -0.352 e. The number of amides is 2. The van der Waals surface area contributed by atoms with Crippen LogP contribution in [0, 0.1) is 5.92 Å². The SMILES string of the molecule is C=CCNC(=O)CN1CCN(C(=O)[C@@H](N)CC(C)C)CC1. The van der Waals surface area contributed by atoms with E-state index in [1.54, 1.807) is 6.08 Å². The highest BCUT2D eigenvalue weighted by molar-refractivity contribution is 5.82. The molecule has 1 rings (SSSR count). The zero-order valence-corrected chi connectivity index (χ0v) is 13.2. The maximum Gasteiger partial charge on any atom is 0.239 e.